The minimum absolute atomic E-state index is 0.106. The Kier molecular flexibility index (Phi) is 4.77. The molecule has 0 bridgehead atoms. The molecule has 130 valence electrons. The van der Waals surface area contributed by atoms with Gasteiger partial charge in [0.25, 0.3) is 5.91 Å². The number of hydrogen-bond donors (Lipinski definition) is 2. The van der Waals surface area contributed by atoms with Crippen molar-refractivity contribution in [2.75, 3.05) is 5.32 Å². The van der Waals surface area contributed by atoms with Crippen molar-refractivity contribution < 1.29 is 4.79 Å². The van der Waals surface area contributed by atoms with Crippen LogP contribution >= 0.6 is 23.1 Å². The fourth-order valence-electron chi connectivity index (χ4n) is 2.72. The summed E-state index contributed by atoms with van der Waals surface area (Å²) in [5.74, 6) is 0.733. The molecule has 26 heavy (non-hydrogen) atoms. The zero-order valence-corrected chi connectivity index (χ0v) is 15.8. The number of carbonyl (C=O) groups excluding carboxylic acids is 1. The van der Waals surface area contributed by atoms with Crippen molar-refractivity contribution in [1.82, 2.24) is 9.97 Å². The SMILES string of the molecule is Cc1nc(CSc2ccc(C(=O)Nc3cccc4[nH]ccc34)cc2)cs1. The molecule has 0 aliphatic rings. The number of nitrogens with one attached hydrogen (secondary N) is 2. The summed E-state index contributed by atoms with van der Waals surface area (Å²) < 4.78 is 0. The number of carbonyl (C=O) groups is 1. The zero-order valence-electron chi connectivity index (χ0n) is 14.2. The summed E-state index contributed by atoms with van der Waals surface area (Å²) in [5.41, 5.74) is 3.56. The van der Waals surface area contributed by atoms with E-state index in [4.69, 9.17) is 0 Å². The number of H-pyrrole nitrogens is 1. The molecule has 0 aliphatic heterocycles. The Bertz CT molecular complexity index is 1050. The molecule has 2 heterocycles. The van der Waals surface area contributed by atoms with Crippen LogP contribution in [0.1, 0.15) is 21.1 Å². The van der Waals surface area contributed by atoms with Crippen LogP contribution in [0.5, 0.6) is 0 Å². The number of aromatic nitrogens is 2. The van der Waals surface area contributed by atoms with Crippen LogP contribution in [0.25, 0.3) is 10.9 Å². The van der Waals surface area contributed by atoms with Crippen molar-refractivity contribution in [2.24, 2.45) is 0 Å². The first-order valence-electron chi connectivity index (χ1n) is 8.20. The number of benzene rings is 2. The van der Waals surface area contributed by atoms with Crippen LogP contribution in [0, 0.1) is 6.92 Å². The molecule has 0 unspecified atom stereocenters. The number of aromatic amines is 1. The molecule has 0 saturated heterocycles. The quantitative estimate of drug-likeness (QED) is 0.452. The van der Waals surface area contributed by atoms with E-state index in [1.54, 1.807) is 23.1 Å². The summed E-state index contributed by atoms with van der Waals surface area (Å²) >= 11 is 3.39. The predicted molar refractivity (Wildman–Crippen MR) is 109 cm³/mol. The molecule has 0 fully saturated rings. The highest BCUT2D eigenvalue weighted by molar-refractivity contribution is 7.98. The first-order chi connectivity index (χ1) is 12.7. The Morgan fingerprint density at radius 1 is 1.19 bits per heavy atom. The van der Waals surface area contributed by atoms with Crippen molar-refractivity contribution in [2.45, 2.75) is 17.6 Å². The fourth-order valence-corrected chi connectivity index (χ4v) is 4.23. The number of thiazole rings is 1. The van der Waals surface area contributed by atoms with Crippen LogP contribution in [-0.2, 0) is 5.75 Å². The van der Waals surface area contributed by atoms with Gasteiger partial charge in [-0.15, -0.1) is 23.1 Å². The summed E-state index contributed by atoms with van der Waals surface area (Å²) in [7, 11) is 0. The van der Waals surface area contributed by atoms with Crippen LogP contribution in [0.15, 0.2) is 65.0 Å². The second kappa shape index (κ2) is 7.35. The van der Waals surface area contributed by atoms with Crippen LogP contribution in [0.2, 0.25) is 0 Å². The third kappa shape index (κ3) is 3.66. The molecule has 2 aromatic carbocycles. The van der Waals surface area contributed by atoms with Gasteiger partial charge in [-0.05, 0) is 49.4 Å². The van der Waals surface area contributed by atoms with E-state index >= 15 is 0 Å². The average molecular weight is 380 g/mol. The Hall–Kier alpha value is -2.57. The van der Waals surface area contributed by atoms with E-state index in [1.807, 2.05) is 61.7 Å². The van der Waals surface area contributed by atoms with Gasteiger partial charge >= 0.3 is 0 Å². The van der Waals surface area contributed by atoms with Gasteiger partial charge in [-0.1, -0.05) is 6.07 Å². The summed E-state index contributed by atoms with van der Waals surface area (Å²) in [5, 5.41) is 7.18. The number of rotatable bonds is 5. The lowest BCUT2D eigenvalue weighted by atomic mass is 10.2. The van der Waals surface area contributed by atoms with Crippen LogP contribution in [-0.4, -0.2) is 15.9 Å². The summed E-state index contributed by atoms with van der Waals surface area (Å²) in [6.45, 7) is 2.01. The average Bonchev–Trinajstić information content (AvgIpc) is 3.29. The molecule has 2 aromatic heterocycles. The van der Waals surface area contributed by atoms with E-state index < -0.39 is 0 Å². The van der Waals surface area contributed by atoms with Crippen LogP contribution in [0.3, 0.4) is 0 Å². The summed E-state index contributed by atoms with van der Waals surface area (Å²) in [6, 6.07) is 15.5. The Morgan fingerprint density at radius 3 is 2.81 bits per heavy atom. The lowest BCUT2D eigenvalue weighted by Gasteiger charge is -2.07. The van der Waals surface area contributed by atoms with E-state index in [-0.39, 0.29) is 5.91 Å². The second-order valence-electron chi connectivity index (χ2n) is 5.87. The number of anilines is 1. The first kappa shape index (κ1) is 16.9. The van der Waals surface area contributed by atoms with E-state index in [2.05, 4.69) is 20.7 Å². The van der Waals surface area contributed by atoms with E-state index in [0.29, 0.717) is 5.56 Å². The summed E-state index contributed by atoms with van der Waals surface area (Å²) in [4.78, 5) is 21.3. The number of amides is 1. The third-order valence-corrected chi connectivity index (χ3v) is 5.88. The lowest BCUT2D eigenvalue weighted by Crippen LogP contribution is -2.11. The lowest BCUT2D eigenvalue weighted by molar-refractivity contribution is 0.102. The van der Waals surface area contributed by atoms with Crippen molar-refractivity contribution in [3.05, 3.63) is 76.4 Å². The van der Waals surface area contributed by atoms with Crippen LogP contribution < -0.4 is 5.32 Å². The highest BCUT2D eigenvalue weighted by atomic mass is 32.2. The Morgan fingerprint density at radius 2 is 2.04 bits per heavy atom. The standard InChI is InChI=1S/C20H17N3OS2/c1-13-22-15(11-25-13)12-26-16-7-5-14(6-8-16)20(24)23-19-4-2-3-18-17(19)9-10-21-18/h2-11,21H,12H2,1H3,(H,23,24). The number of hydrogen-bond acceptors (Lipinski definition) is 4. The van der Waals surface area contributed by atoms with Crippen molar-refractivity contribution >= 4 is 45.6 Å². The van der Waals surface area contributed by atoms with Gasteiger partial charge in [-0.2, -0.15) is 0 Å². The highest BCUT2D eigenvalue weighted by Crippen LogP contribution is 2.25. The van der Waals surface area contributed by atoms with Crippen LogP contribution in [0.4, 0.5) is 5.69 Å². The molecule has 0 saturated carbocycles. The van der Waals surface area contributed by atoms with Crippen molar-refractivity contribution in [1.29, 1.82) is 0 Å². The molecular formula is C20H17N3OS2. The van der Waals surface area contributed by atoms with Gasteiger partial charge in [-0.25, -0.2) is 4.98 Å². The molecule has 0 aliphatic carbocycles. The number of aryl methyl sites for hydroxylation is 1. The van der Waals surface area contributed by atoms with Crippen molar-refractivity contribution in [3.63, 3.8) is 0 Å². The molecule has 2 N–H and O–H groups in total. The van der Waals surface area contributed by atoms with E-state index in [1.165, 1.54) is 0 Å². The zero-order chi connectivity index (χ0) is 17.9. The third-order valence-electron chi connectivity index (χ3n) is 4.01. The first-order valence-corrected chi connectivity index (χ1v) is 10.1. The molecule has 0 atom stereocenters. The molecule has 6 heteroatoms. The van der Waals surface area contributed by atoms with Gasteiger partial charge in [-0.3, -0.25) is 4.79 Å². The molecular weight excluding hydrogens is 362 g/mol. The number of thioether (sulfide) groups is 1. The largest absolute Gasteiger partial charge is 0.361 e. The maximum Gasteiger partial charge on any atom is 0.255 e. The monoisotopic (exact) mass is 379 g/mol. The van der Waals surface area contributed by atoms with Gasteiger partial charge in [0.15, 0.2) is 0 Å². The maximum absolute atomic E-state index is 12.5. The topological polar surface area (TPSA) is 57.8 Å². The van der Waals surface area contributed by atoms with E-state index in [9.17, 15) is 4.79 Å². The van der Waals surface area contributed by atoms with Gasteiger partial charge < -0.3 is 10.3 Å². The summed E-state index contributed by atoms with van der Waals surface area (Å²) in [6.07, 6.45) is 1.87. The number of fused-ring (bicyclic) bond motifs is 1. The minimum atomic E-state index is -0.106. The molecule has 0 radical (unpaired) electrons. The highest BCUT2D eigenvalue weighted by Gasteiger charge is 2.09. The molecule has 0 spiro atoms. The van der Waals surface area contributed by atoms with Gasteiger partial charge in [0.05, 0.1) is 16.4 Å². The van der Waals surface area contributed by atoms with E-state index in [0.717, 1.165) is 37.9 Å². The van der Waals surface area contributed by atoms with Crippen molar-refractivity contribution in [3.8, 4) is 0 Å². The minimum Gasteiger partial charge on any atom is -0.361 e. The molecule has 4 aromatic rings. The smallest absolute Gasteiger partial charge is 0.255 e. The fraction of sp³-hybridized carbons (Fsp3) is 0.100. The van der Waals surface area contributed by atoms with Gasteiger partial charge in [0.2, 0.25) is 0 Å². The van der Waals surface area contributed by atoms with Gasteiger partial charge in [0, 0.05) is 38.7 Å². The molecule has 1 amide bonds. The predicted octanol–water partition coefficient (Wildman–Crippen LogP) is 5.48. The second-order valence-corrected chi connectivity index (χ2v) is 7.98. The van der Waals surface area contributed by atoms with Gasteiger partial charge in [0.1, 0.15) is 0 Å². The Balaban J connectivity index is 1.43. The Labute approximate surface area is 159 Å². The normalized spacial score (nSPS) is 11.0. The molecule has 4 nitrogen and oxygen atoms in total. The number of nitrogens with zero attached hydrogens (tertiary/aromatic N) is 1. The maximum atomic E-state index is 12.5. The molecule has 4 rings (SSSR count).